The van der Waals surface area contributed by atoms with Crippen LogP contribution in [0, 0.1) is 0 Å². The summed E-state index contributed by atoms with van der Waals surface area (Å²) in [6, 6.07) is 11.2. The van der Waals surface area contributed by atoms with E-state index in [-0.39, 0.29) is 0 Å². The van der Waals surface area contributed by atoms with Crippen LogP contribution >= 0.6 is 0 Å². The first-order chi connectivity index (χ1) is 16.7. The van der Waals surface area contributed by atoms with Crippen LogP contribution in [0.4, 0.5) is 0 Å². The highest BCUT2D eigenvalue weighted by Gasteiger charge is 2.14. The van der Waals surface area contributed by atoms with Gasteiger partial charge in [-0.05, 0) is 88.3 Å². The first-order valence-electron chi connectivity index (χ1n) is 12.4. The molecule has 0 bridgehead atoms. The molecule has 0 saturated carbocycles. The van der Waals surface area contributed by atoms with Gasteiger partial charge in [-0.3, -0.25) is 19.4 Å². The third-order valence-electron chi connectivity index (χ3n) is 6.57. The van der Waals surface area contributed by atoms with Gasteiger partial charge in [0.15, 0.2) is 0 Å². The topological polar surface area (TPSA) is 59.1 Å². The second kappa shape index (κ2) is 13.9. The third-order valence-corrected chi connectivity index (χ3v) is 6.57. The molecular weight excluding hydrogens is 428 g/mol. The first kappa shape index (κ1) is 25.9. The molecule has 2 aromatic rings. The third kappa shape index (κ3) is 7.67. The van der Waals surface area contributed by atoms with Crippen molar-refractivity contribution in [3.05, 3.63) is 58.7 Å². The molecule has 0 aliphatic carbocycles. The van der Waals surface area contributed by atoms with Crippen LogP contribution in [0.5, 0.6) is 11.5 Å². The molecule has 184 valence electrons. The number of ether oxygens (including phenoxy) is 2. The lowest BCUT2D eigenvalue weighted by atomic mass is 10.1. The Morgan fingerprint density at radius 1 is 0.647 bits per heavy atom. The number of piperidine rings is 2. The van der Waals surface area contributed by atoms with Gasteiger partial charge in [0.05, 0.1) is 14.2 Å². The van der Waals surface area contributed by atoms with Crippen molar-refractivity contribution < 1.29 is 19.1 Å². The SMILES string of the molecule is COc1ccc(C=O)cc1CN1CCCCC1.COc1ccc(C=O)cc1CN1CCCCC1. The summed E-state index contributed by atoms with van der Waals surface area (Å²) in [6.07, 6.45) is 9.54. The molecule has 2 aromatic carbocycles. The van der Waals surface area contributed by atoms with Gasteiger partial charge in [0, 0.05) is 35.3 Å². The summed E-state index contributed by atoms with van der Waals surface area (Å²) in [4.78, 5) is 26.4. The van der Waals surface area contributed by atoms with Gasteiger partial charge < -0.3 is 9.47 Å². The van der Waals surface area contributed by atoms with Crippen molar-refractivity contribution >= 4 is 12.6 Å². The fourth-order valence-electron chi connectivity index (χ4n) is 4.71. The normalized spacial score (nSPS) is 16.8. The largest absolute Gasteiger partial charge is 0.496 e. The smallest absolute Gasteiger partial charge is 0.150 e. The molecule has 0 spiro atoms. The van der Waals surface area contributed by atoms with Gasteiger partial charge in [0.25, 0.3) is 0 Å². The molecule has 4 rings (SSSR count). The zero-order valence-electron chi connectivity index (χ0n) is 20.6. The van der Waals surface area contributed by atoms with Crippen LogP contribution in [0.1, 0.15) is 70.4 Å². The number of nitrogens with zero attached hydrogens (tertiary/aromatic N) is 2. The van der Waals surface area contributed by atoms with Gasteiger partial charge in [-0.25, -0.2) is 0 Å². The Kier molecular flexibility index (Phi) is 10.6. The Morgan fingerprint density at radius 2 is 1.03 bits per heavy atom. The number of hydrogen-bond acceptors (Lipinski definition) is 6. The molecule has 0 radical (unpaired) electrons. The van der Waals surface area contributed by atoms with Crippen molar-refractivity contribution in [3.63, 3.8) is 0 Å². The molecule has 2 fully saturated rings. The number of benzene rings is 2. The Bertz CT molecular complexity index is 843. The molecule has 0 unspecified atom stereocenters. The van der Waals surface area contributed by atoms with Crippen molar-refractivity contribution in [2.45, 2.75) is 51.6 Å². The molecule has 0 N–H and O–H groups in total. The summed E-state index contributed by atoms with van der Waals surface area (Å²) < 4.78 is 10.7. The zero-order valence-corrected chi connectivity index (χ0v) is 20.6. The van der Waals surface area contributed by atoms with E-state index in [1.54, 1.807) is 26.4 Å². The number of methoxy groups -OCH3 is 2. The van der Waals surface area contributed by atoms with Crippen molar-refractivity contribution in [2.75, 3.05) is 40.4 Å². The summed E-state index contributed by atoms with van der Waals surface area (Å²) in [5.41, 5.74) is 3.66. The molecule has 0 atom stereocenters. The van der Waals surface area contributed by atoms with Crippen LogP contribution in [0.15, 0.2) is 36.4 Å². The zero-order chi connectivity index (χ0) is 24.2. The molecule has 2 saturated heterocycles. The molecule has 6 nitrogen and oxygen atoms in total. The highest BCUT2D eigenvalue weighted by atomic mass is 16.5. The second-order valence-corrected chi connectivity index (χ2v) is 9.05. The van der Waals surface area contributed by atoms with Crippen molar-refractivity contribution in [1.29, 1.82) is 0 Å². The summed E-state index contributed by atoms with van der Waals surface area (Å²) >= 11 is 0. The van der Waals surface area contributed by atoms with E-state index >= 15 is 0 Å². The molecule has 0 amide bonds. The Hall–Kier alpha value is -2.70. The maximum absolute atomic E-state index is 10.8. The van der Waals surface area contributed by atoms with Gasteiger partial charge in [-0.1, -0.05) is 12.8 Å². The quantitative estimate of drug-likeness (QED) is 0.511. The van der Waals surface area contributed by atoms with E-state index in [2.05, 4.69) is 9.80 Å². The lowest BCUT2D eigenvalue weighted by molar-refractivity contribution is 0.111. The second-order valence-electron chi connectivity index (χ2n) is 9.05. The standard InChI is InChI=1S/2C14H19NO2/c2*1-17-14-6-5-12(11-16)9-13(14)10-15-7-3-2-4-8-15/h2*5-6,9,11H,2-4,7-8,10H2,1H3. The van der Waals surface area contributed by atoms with Crippen LogP contribution in [-0.2, 0) is 13.1 Å². The van der Waals surface area contributed by atoms with Crippen molar-refractivity contribution in [2.24, 2.45) is 0 Å². The first-order valence-corrected chi connectivity index (χ1v) is 12.4. The maximum Gasteiger partial charge on any atom is 0.150 e. The van der Waals surface area contributed by atoms with E-state index in [0.717, 1.165) is 85.6 Å². The highest BCUT2D eigenvalue weighted by molar-refractivity contribution is 5.76. The van der Waals surface area contributed by atoms with Gasteiger partial charge in [0.1, 0.15) is 24.1 Å². The Morgan fingerprint density at radius 3 is 1.35 bits per heavy atom. The number of carbonyl (C=O) groups is 2. The molecule has 6 heteroatoms. The maximum atomic E-state index is 10.8. The number of likely N-dealkylation sites (tertiary alicyclic amines) is 2. The van der Waals surface area contributed by atoms with E-state index in [9.17, 15) is 9.59 Å². The Labute approximate surface area is 203 Å². The molecule has 0 aromatic heterocycles. The van der Waals surface area contributed by atoms with Gasteiger partial charge in [-0.2, -0.15) is 0 Å². The molecular formula is C28H38N2O4. The fourth-order valence-corrected chi connectivity index (χ4v) is 4.71. The minimum atomic E-state index is 0.720. The lowest BCUT2D eigenvalue weighted by Crippen LogP contribution is -2.29. The number of carbonyl (C=O) groups excluding carboxylic acids is 2. The molecule has 2 heterocycles. The van der Waals surface area contributed by atoms with Gasteiger partial charge in [-0.15, -0.1) is 0 Å². The van der Waals surface area contributed by atoms with Crippen LogP contribution in [0.3, 0.4) is 0 Å². The van der Waals surface area contributed by atoms with Crippen LogP contribution in [0.2, 0.25) is 0 Å². The van der Waals surface area contributed by atoms with E-state index in [0.29, 0.717) is 0 Å². The molecule has 2 aliphatic rings. The number of hydrogen-bond donors (Lipinski definition) is 0. The Balaban J connectivity index is 0.000000191. The average molecular weight is 467 g/mol. The van der Waals surface area contributed by atoms with Gasteiger partial charge >= 0.3 is 0 Å². The van der Waals surface area contributed by atoms with Crippen LogP contribution in [-0.4, -0.2) is 62.8 Å². The minimum Gasteiger partial charge on any atom is -0.496 e. The highest BCUT2D eigenvalue weighted by Crippen LogP contribution is 2.24. The van der Waals surface area contributed by atoms with Crippen LogP contribution in [0.25, 0.3) is 0 Å². The minimum absolute atomic E-state index is 0.720. The number of aldehydes is 2. The summed E-state index contributed by atoms with van der Waals surface area (Å²) in [5.74, 6) is 1.75. The average Bonchev–Trinajstić information content (AvgIpc) is 2.90. The van der Waals surface area contributed by atoms with E-state index in [1.807, 2.05) is 24.3 Å². The van der Waals surface area contributed by atoms with Crippen molar-refractivity contribution in [1.82, 2.24) is 9.80 Å². The lowest BCUT2D eigenvalue weighted by Gasteiger charge is -2.27. The van der Waals surface area contributed by atoms with E-state index in [1.165, 1.54) is 38.5 Å². The molecule has 2 aliphatic heterocycles. The molecule has 34 heavy (non-hydrogen) atoms. The van der Waals surface area contributed by atoms with Gasteiger partial charge in [0.2, 0.25) is 0 Å². The predicted octanol–water partition coefficient (Wildman–Crippen LogP) is 4.99. The summed E-state index contributed by atoms with van der Waals surface area (Å²) in [6.45, 7) is 6.35. The van der Waals surface area contributed by atoms with E-state index < -0.39 is 0 Å². The van der Waals surface area contributed by atoms with Crippen LogP contribution < -0.4 is 9.47 Å². The predicted molar refractivity (Wildman–Crippen MR) is 135 cm³/mol. The van der Waals surface area contributed by atoms with E-state index in [4.69, 9.17) is 9.47 Å². The number of rotatable bonds is 8. The van der Waals surface area contributed by atoms with Crippen molar-refractivity contribution in [3.8, 4) is 11.5 Å². The fraction of sp³-hybridized carbons (Fsp3) is 0.500. The summed E-state index contributed by atoms with van der Waals surface area (Å²) in [5, 5.41) is 0. The monoisotopic (exact) mass is 466 g/mol. The summed E-state index contributed by atoms with van der Waals surface area (Å²) in [7, 11) is 3.35.